The smallest absolute Gasteiger partial charge is 0.319 e. The summed E-state index contributed by atoms with van der Waals surface area (Å²) in [7, 11) is 0. The molecular weight excluding hydrogens is 332 g/mol. The van der Waals surface area contributed by atoms with Gasteiger partial charge in [0.1, 0.15) is 10.1 Å². The van der Waals surface area contributed by atoms with Crippen molar-refractivity contribution in [3.8, 4) is 0 Å². The molecule has 0 aromatic carbocycles. The van der Waals surface area contributed by atoms with Crippen LogP contribution in [0.15, 0.2) is 9.95 Å². The molecule has 2 atom stereocenters. The number of H-pyrrole nitrogens is 1. The minimum absolute atomic E-state index is 0.105. The van der Waals surface area contributed by atoms with Gasteiger partial charge < -0.3 is 9.72 Å². The highest BCUT2D eigenvalue weighted by Crippen LogP contribution is 2.32. The highest BCUT2D eigenvalue weighted by Gasteiger charge is 2.28. The third kappa shape index (κ3) is 3.30. The van der Waals surface area contributed by atoms with Gasteiger partial charge in [-0.1, -0.05) is 32.0 Å². The fourth-order valence-electron chi connectivity index (χ4n) is 2.67. The van der Waals surface area contributed by atoms with E-state index in [1.807, 2.05) is 6.92 Å². The van der Waals surface area contributed by atoms with Gasteiger partial charge in [-0.25, -0.2) is 4.98 Å². The number of aromatic nitrogens is 2. The molecule has 1 aliphatic rings. The van der Waals surface area contributed by atoms with Crippen molar-refractivity contribution in [2.24, 2.45) is 5.92 Å². The zero-order valence-corrected chi connectivity index (χ0v) is 15.1. The average Bonchev–Trinajstić information content (AvgIpc) is 3.03. The van der Waals surface area contributed by atoms with Crippen molar-refractivity contribution in [3.05, 3.63) is 20.8 Å². The van der Waals surface area contributed by atoms with Crippen molar-refractivity contribution >= 4 is 39.3 Å². The summed E-state index contributed by atoms with van der Waals surface area (Å²) in [4.78, 5) is 33.4. The summed E-state index contributed by atoms with van der Waals surface area (Å²) in [5, 5.41) is 0.949. The number of ether oxygens (including phenoxy) is 1. The lowest BCUT2D eigenvalue weighted by atomic mass is 9.98. The largest absolute Gasteiger partial charge is 0.465 e. The number of carbonyl (C=O) groups excluding carboxylic acids is 1. The molecule has 1 saturated heterocycles. The number of esters is 1. The molecule has 1 aliphatic heterocycles. The normalized spacial score (nSPS) is 19.3. The summed E-state index contributed by atoms with van der Waals surface area (Å²) in [5.74, 6) is 0.311. The number of aromatic amines is 1. The van der Waals surface area contributed by atoms with Gasteiger partial charge in [-0.05, 0) is 24.8 Å². The van der Waals surface area contributed by atoms with E-state index in [0.29, 0.717) is 29.5 Å². The number of nitrogens with zero attached hydrogens (tertiary/aromatic N) is 1. The van der Waals surface area contributed by atoms with Crippen LogP contribution in [-0.4, -0.2) is 27.8 Å². The van der Waals surface area contributed by atoms with Crippen LogP contribution in [0.25, 0.3) is 10.2 Å². The van der Waals surface area contributed by atoms with E-state index < -0.39 is 0 Å². The highest BCUT2D eigenvalue weighted by atomic mass is 32.2. The SMILES string of the molecule is CC[C@@H](C)Cc1c(C)sc2nc(S[C@@H]3CCOC3=O)[nH]c(=O)c12. The summed E-state index contributed by atoms with van der Waals surface area (Å²) < 4.78 is 4.96. The number of rotatable bonds is 5. The summed E-state index contributed by atoms with van der Waals surface area (Å²) in [5.41, 5.74) is 1.01. The van der Waals surface area contributed by atoms with Crippen LogP contribution in [0.2, 0.25) is 0 Å². The van der Waals surface area contributed by atoms with Gasteiger partial charge in [0.15, 0.2) is 5.16 Å². The van der Waals surface area contributed by atoms with E-state index in [4.69, 9.17) is 4.74 Å². The Labute approximate surface area is 142 Å². The zero-order valence-electron chi connectivity index (χ0n) is 13.5. The fraction of sp³-hybridized carbons (Fsp3) is 0.562. The molecule has 0 unspecified atom stereocenters. The first-order valence-corrected chi connectivity index (χ1v) is 9.54. The number of nitrogens with one attached hydrogen (secondary N) is 1. The summed E-state index contributed by atoms with van der Waals surface area (Å²) in [6, 6.07) is 0. The first kappa shape index (κ1) is 16.5. The van der Waals surface area contributed by atoms with Crippen molar-refractivity contribution in [1.82, 2.24) is 9.97 Å². The molecule has 1 fully saturated rings. The number of thiophene rings is 1. The van der Waals surface area contributed by atoms with Crippen molar-refractivity contribution in [3.63, 3.8) is 0 Å². The Hall–Kier alpha value is -1.34. The van der Waals surface area contributed by atoms with E-state index in [1.54, 1.807) is 11.3 Å². The fourth-order valence-corrected chi connectivity index (χ4v) is 4.72. The molecular formula is C16H20N2O3S2. The van der Waals surface area contributed by atoms with Crippen LogP contribution in [0.4, 0.5) is 0 Å². The summed E-state index contributed by atoms with van der Waals surface area (Å²) >= 11 is 2.84. The van der Waals surface area contributed by atoms with Crippen molar-refractivity contribution in [2.75, 3.05) is 6.61 Å². The van der Waals surface area contributed by atoms with Crippen LogP contribution in [0.1, 0.15) is 37.1 Å². The van der Waals surface area contributed by atoms with E-state index in [-0.39, 0.29) is 16.8 Å². The summed E-state index contributed by atoms with van der Waals surface area (Å²) in [6.07, 6.45) is 2.64. The quantitative estimate of drug-likeness (QED) is 0.660. The second kappa shape index (κ2) is 6.65. The molecule has 0 amide bonds. The third-order valence-corrected chi connectivity index (χ3v) is 6.40. The predicted molar refractivity (Wildman–Crippen MR) is 93.4 cm³/mol. The molecule has 0 radical (unpaired) electrons. The summed E-state index contributed by atoms with van der Waals surface area (Å²) in [6.45, 7) is 6.84. The minimum Gasteiger partial charge on any atom is -0.465 e. The Morgan fingerprint density at radius 1 is 1.48 bits per heavy atom. The number of cyclic esters (lactones) is 1. The van der Waals surface area contributed by atoms with Gasteiger partial charge in [0.2, 0.25) is 0 Å². The maximum atomic E-state index is 12.5. The molecule has 0 saturated carbocycles. The van der Waals surface area contributed by atoms with Gasteiger partial charge in [-0.3, -0.25) is 9.59 Å². The third-order valence-electron chi connectivity index (χ3n) is 4.23. The Kier molecular flexibility index (Phi) is 4.77. The number of hydrogen-bond acceptors (Lipinski definition) is 6. The van der Waals surface area contributed by atoms with Crippen molar-refractivity contribution in [1.29, 1.82) is 0 Å². The van der Waals surface area contributed by atoms with Gasteiger partial charge in [0, 0.05) is 11.3 Å². The Balaban J connectivity index is 1.96. The van der Waals surface area contributed by atoms with E-state index >= 15 is 0 Å². The van der Waals surface area contributed by atoms with Gasteiger partial charge in [0.05, 0.1) is 12.0 Å². The second-order valence-electron chi connectivity index (χ2n) is 5.97. The lowest BCUT2D eigenvalue weighted by Gasteiger charge is -2.08. The molecule has 2 aromatic heterocycles. The van der Waals surface area contributed by atoms with E-state index in [1.165, 1.54) is 11.8 Å². The Bertz CT molecular complexity index is 796. The van der Waals surface area contributed by atoms with Crippen molar-refractivity contribution < 1.29 is 9.53 Å². The van der Waals surface area contributed by atoms with Gasteiger partial charge in [-0.15, -0.1) is 11.3 Å². The standard InChI is InChI=1S/C16H20N2O3S2/c1-4-8(2)7-10-9(3)22-14-12(10)13(19)17-16(18-14)23-11-5-6-21-15(11)20/h8,11H,4-7H2,1-3H3,(H,17,18,19)/t8-,11-/m1/s1. The lowest BCUT2D eigenvalue weighted by molar-refractivity contribution is -0.137. The van der Waals surface area contributed by atoms with E-state index in [2.05, 4.69) is 23.8 Å². The molecule has 0 aliphatic carbocycles. The topological polar surface area (TPSA) is 72.0 Å². The first-order chi connectivity index (χ1) is 11.0. The molecule has 23 heavy (non-hydrogen) atoms. The minimum atomic E-state index is -0.267. The average molecular weight is 352 g/mol. The molecule has 0 bridgehead atoms. The number of hydrogen-bond donors (Lipinski definition) is 1. The molecule has 124 valence electrons. The van der Waals surface area contributed by atoms with E-state index in [9.17, 15) is 9.59 Å². The molecule has 3 heterocycles. The van der Waals surface area contributed by atoms with E-state index in [0.717, 1.165) is 28.1 Å². The second-order valence-corrected chi connectivity index (χ2v) is 8.36. The van der Waals surface area contributed by atoms with Gasteiger partial charge in [-0.2, -0.15) is 0 Å². The van der Waals surface area contributed by atoms with Crippen molar-refractivity contribution in [2.45, 2.75) is 50.4 Å². The number of aryl methyl sites for hydroxylation is 1. The number of thioether (sulfide) groups is 1. The Morgan fingerprint density at radius 2 is 2.26 bits per heavy atom. The molecule has 0 spiro atoms. The van der Waals surface area contributed by atoms with Crippen LogP contribution < -0.4 is 5.56 Å². The highest BCUT2D eigenvalue weighted by molar-refractivity contribution is 8.00. The molecule has 2 aromatic rings. The molecule has 5 nitrogen and oxygen atoms in total. The first-order valence-electron chi connectivity index (χ1n) is 7.85. The number of fused-ring (bicyclic) bond motifs is 1. The monoisotopic (exact) mass is 352 g/mol. The van der Waals surface area contributed by atoms with Crippen LogP contribution in [0.5, 0.6) is 0 Å². The van der Waals surface area contributed by atoms with Crippen LogP contribution in [-0.2, 0) is 16.0 Å². The van der Waals surface area contributed by atoms with Crippen LogP contribution in [0.3, 0.4) is 0 Å². The van der Waals surface area contributed by atoms with Crippen LogP contribution in [0, 0.1) is 12.8 Å². The number of carbonyl (C=O) groups is 1. The maximum absolute atomic E-state index is 12.5. The van der Waals surface area contributed by atoms with Gasteiger partial charge in [0.25, 0.3) is 5.56 Å². The van der Waals surface area contributed by atoms with Crippen LogP contribution >= 0.6 is 23.1 Å². The zero-order chi connectivity index (χ0) is 16.6. The Morgan fingerprint density at radius 3 is 2.91 bits per heavy atom. The maximum Gasteiger partial charge on any atom is 0.319 e. The molecule has 7 heteroatoms. The molecule has 1 N–H and O–H groups in total. The molecule has 3 rings (SSSR count). The van der Waals surface area contributed by atoms with Gasteiger partial charge >= 0.3 is 5.97 Å². The lowest BCUT2D eigenvalue weighted by Crippen LogP contribution is -2.14. The predicted octanol–water partition coefficient (Wildman–Crippen LogP) is 3.29.